The molecule has 1 aromatic heterocycles. The molecular weight excluding hydrogens is 282 g/mol. The molecule has 6 nitrogen and oxygen atoms in total. The van der Waals surface area contributed by atoms with Crippen molar-refractivity contribution in [1.82, 2.24) is 15.0 Å². The van der Waals surface area contributed by atoms with Crippen LogP contribution in [0.15, 0.2) is 24.3 Å². The van der Waals surface area contributed by atoms with E-state index in [0.29, 0.717) is 24.8 Å². The molecule has 0 aliphatic heterocycles. The minimum atomic E-state index is -1.05. The van der Waals surface area contributed by atoms with Gasteiger partial charge in [0.2, 0.25) is 0 Å². The van der Waals surface area contributed by atoms with Crippen molar-refractivity contribution in [2.45, 2.75) is 39.7 Å². The molecule has 0 fully saturated rings. The Hall–Kier alpha value is -2.37. The molecule has 1 heterocycles. The van der Waals surface area contributed by atoms with Gasteiger partial charge in [-0.2, -0.15) is 0 Å². The molecule has 0 spiro atoms. The van der Waals surface area contributed by atoms with Crippen LogP contribution in [0.25, 0.3) is 0 Å². The second kappa shape index (κ2) is 7.06. The fraction of sp³-hybridized carbons (Fsp3) is 0.438. The normalized spacial score (nSPS) is 10.9. The van der Waals surface area contributed by atoms with E-state index in [4.69, 9.17) is 9.84 Å². The maximum atomic E-state index is 10.9. The van der Waals surface area contributed by atoms with E-state index in [9.17, 15) is 4.79 Å². The number of carbonyl (C=O) groups is 1. The Bertz CT molecular complexity index is 650. The first-order valence-electron chi connectivity index (χ1n) is 7.35. The molecule has 0 aliphatic rings. The van der Waals surface area contributed by atoms with Gasteiger partial charge in [-0.25, -0.2) is 9.48 Å². The smallest absolute Gasteiger partial charge is 0.358 e. The number of hydrogen-bond acceptors (Lipinski definition) is 4. The quantitative estimate of drug-likeness (QED) is 0.796. The molecule has 22 heavy (non-hydrogen) atoms. The van der Waals surface area contributed by atoms with Crippen LogP contribution in [0, 0.1) is 6.92 Å². The molecule has 0 bridgehead atoms. The number of nitrogens with zero attached hydrogens (tertiary/aromatic N) is 3. The number of aromatic nitrogens is 3. The van der Waals surface area contributed by atoms with Crippen LogP contribution in [0.2, 0.25) is 0 Å². The average Bonchev–Trinajstić information content (AvgIpc) is 2.85. The van der Waals surface area contributed by atoms with E-state index in [0.717, 1.165) is 12.2 Å². The van der Waals surface area contributed by atoms with Gasteiger partial charge in [0, 0.05) is 13.0 Å². The zero-order valence-electron chi connectivity index (χ0n) is 13.1. The first kappa shape index (κ1) is 16.0. The Morgan fingerprint density at radius 3 is 2.73 bits per heavy atom. The fourth-order valence-corrected chi connectivity index (χ4v) is 2.26. The lowest BCUT2D eigenvalue weighted by Crippen LogP contribution is -2.09. The summed E-state index contributed by atoms with van der Waals surface area (Å²) in [5.74, 6) is 0.261. The Morgan fingerprint density at radius 2 is 2.09 bits per heavy atom. The highest BCUT2D eigenvalue weighted by Crippen LogP contribution is 2.25. The van der Waals surface area contributed by atoms with Crippen LogP contribution in [0.4, 0.5) is 0 Å². The van der Waals surface area contributed by atoms with Crippen molar-refractivity contribution in [3.8, 4) is 5.75 Å². The number of aromatic carboxylic acids is 1. The fourth-order valence-electron chi connectivity index (χ4n) is 2.26. The number of hydrogen-bond donors (Lipinski definition) is 1. The monoisotopic (exact) mass is 303 g/mol. The van der Waals surface area contributed by atoms with Crippen molar-refractivity contribution in [3.63, 3.8) is 0 Å². The summed E-state index contributed by atoms with van der Waals surface area (Å²) in [7, 11) is 0. The lowest BCUT2D eigenvalue weighted by molar-refractivity contribution is 0.0689. The summed E-state index contributed by atoms with van der Waals surface area (Å²) < 4.78 is 7.43. The van der Waals surface area contributed by atoms with Crippen molar-refractivity contribution in [3.05, 3.63) is 41.2 Å². The molecule has 1 aromatic carbocycles. The van der Waals surface area contributed by atoms with E-state index in [1.54, 1.807) is 11.6 Å². The number of benzene rings is 1. The standard InChI is InChI=1S/C16H21N3O3/c1-11(2)13-7-4-5-8-14(13)22-10-6-9-19-12(3)15(16(20)21)17-18-19/h4-5,7-8,11H,6,9-10H2,1-3H3,(H,20,21). The first-order valence-corrected chi connectivity index (χ1v) is 7.35. The second-order valence-corrected chi connectivity index (χ2v) is 5.45. The van der Waals surface area contributed by atoms with E-state index >= 15 is 0 Å². The maximum Gasteiger partial charge on any atom is 0.358 e. The van der Waals surface area contributed by atoms with E-state index in [1.807, 2.05) is 18.2 Å². The Kier molecular flexibility index (Phi) is 5.14. The summed E-state index contributed by atoms with van der Waals surface area (Å²) in [5.41, 5.74) is 1.76. The van der Waals surface area contributed by atoms with Gasteiger partial charge in [-0.1, -0.05) is 37.3 Å². The predicted molar refractivity (Wildman–Crippen MR) is 82.4 cm³/mol. The lowest BCUT2D eigenvalue weighted by atomic mass is 10.0. The van der Waals surface area contributed by atoms with Crippen molar-refractivity contribution < 1.29 is 14.6 Å². The van der Waals surface area contributed by atoms with Crippen molar-refractivity contribution >= 4 is 5.97 Å². The van der Waals surface area contributed by atoms with Crippen molar-refractivity contribution in [2.75, 3.05) is 6.61 Å². The number of aryl methyl sites for hydroxylation is 1. The minimum absolute atomic E-state index is 0.00562. The summed E-state index contributed by atoms with van der Waals surface area (Å²) >= 11 is 0. The van der Waals surface area contributed by atoms with E-state index in [1.165, 1.54) is 5.56 Å². The highest BCUT2D eigenvalue weighted by molar-refractivity contribution is 5.86. The predicted octanol–water partition coefficient (Wildman–Crippen LogP) is 2.88. The molecule has 0 saturated carbocycles. The number of rotatable bonds is 7. The average molecular weight is 303 g/mol. The zero-order chi connectivity index (χ0) is 16.1. The van der Waals surface area contributed by atoms with Crippen molar-refractivity contribution in [1.29, 1.82) is 0 Å². The maximum absolute atomic E-state index is 10.9. The Morgan fingerprint density at radius 1 is 1.36 bits per heavy atom. The zero-order valence-corrected chi connectivity index (χ0v) is 13.1. The third-order valence-electron chi connectivity index (χ3n) is 3.50. The van der Waals surface area contributed by atoms with Crippen LogP contribution in [0.1, 0.15) is 47.9 Å². The highest BCUT2D eigenvalue weighted by Gasteiger charge is 2.14. The molecule has 2 aromatic rings. The Balaban J connectivity index is 1.89. The van der Waals surface area contributed by atoms with Crippen LogP contribution in [-0.4, -0.2) is 32.7 Å². The number of para-hydroxylation sites is 1. The molecule has 6 heteroatoms. The Labute approximate surface area is 129 Å². The third kappa shape index (κ3) is 3.63. The SMILES string of the molecule is Cc1c(C(=O)O)nnn1CCCOc1ccccc1C(C)C. The number of carboxylic acid groups (broad SMARTS) is 1. The van der Waals surface area contributed by atoms with Crippen molar-refractivity contribution in [2.24, 2.45) is 0 Å². The first-order chi connectivity index (χ1) is 10.5. The molecule has 0 amide bonds. The highest BCUT2D eigenvalue weighted by atomic mass is 16.5. The van der Waals surface area contributed by atoms with Gasteiger partial charge in [0.1, 0.15) is 5.75 Å². The van der Waals surface area contributed by atoms with Gasteiger partial charge in [0.15, 0.2) is 5.69 Å². The van der Waals surface area contributed by atoms with E-state index in [-0.39, 0.29) is 5.69 Å². The van der Waals surface area contributed by atoms with Gasteiger partial charge < -0.3 is 9.84 Å². The van der Waals surface area contributed by atoms with Crippen LogP contribution >= 0.6 is 0 Å². The summed E-state index contributed by atoms with van der Waals surface area (Å²) in [6.07, 6.45) is 0.732. The van der Waals surface area contributed by atoms with Crippen LogP contribution in [0.3, 0.4) is 0 Å². The largest absolute Gasteiger partial charge is 0.493 e. The van der Waals surface area contributed by atoms with E-state index < -0.39 is 5.97 Å². The van der Waals surface area contributed by atoms with E-state index in [2.05, 4.69) is 30.2 Å². The molecule has 1 N–H and O–H groups in total. The molecule has 0 atom stereocenters. The second-order valence-electron chi connectivity index (χ2n) is 5.45. The van der Waals surface area contributed by atoms with Crippen LogP contribution in [0.5, 0.6) is 5.75 Å². The van der Waals surface area contributed by atoms with Gasteiger partial charge in [-0.15, -0.1) is 5.10 Å². The summed E-state index contributed by atoms with van der Waals surface area (Å²) in [6, 6.07) is 8.01. The molecule has 0 radical (unpaired) electrons. The summed E-state index contributed by atoms with van der Waals surface area (Å²) in [6.45, 7) is 7.10. The molecule has 0 aliphatic carbocycles. The van der Waals surface area contributed by atoms with Crippen LogP contribution in [-0.2, 0) is 6.54 Å². The van der Waals surface area contributed by atoms with Gasteiger partial charge in [0.25, 0.3) is 0 Å². The van der Waals surface area contributed by atoms with Gasteiger partial charge >= 0.3 is 5.97 Å². The molecule has 2 rings (SSSR count). The van der Waals surface area contributed by atoms with Gasteiger partial charge in [-0.3, -0.25) is 0 Å². The van der Waals surface area contributed by atoms with Gasteiger partial charge in [-0.05, 0) is 24.5 Å². The van der Waals surface area contributed by atoms with Gasteiger partial charge in [0.05, 0.1) is 12.3 Å². The minimum Gasteiger partial charge on any atom is -0.493 e. The lowest BCUT2D eigenvalue weighted by Gasteiger charge is -2.13. The summed E-state index contributed by atoms with van der Waals surface area (Å²) in [4.78, 5) is 10.9. The number of carboxylic acids is 1. The van der Waals surface area contributed by atoms with Crippen LogP contribution < -0.4 is 4.74 Å². The molecule has 118 valence electrons. The topological polar surface area (TPSA) is 77.2 Å². The summed E-state index contributed by atoms with van der Waals surface area (Å²) in [5, 5.41) is 16.5. The molecule has 0 unspecified atom stereocenters. The molecule has 0 saturated heterocycles. The third-order valence-corrected chi connectivity index (χ3v) is 3.50. The number of ether oxygens (including phenoxy) is 1. The molecular formula is C16H21N3O3.